The van der Waals surface area contributed by atoms with E-state index < -0.39 is 0 Å². The Hall–Kier alpha value is -2.57. The van der Waals surface area contributed by atoms with E-state index in [0.29, 0.717) is 23.9 Å². The van der Waals surface area contributed by atoms with Crippen molar-refractivity contribution in [1.82, 2.24) is 10.2 Å². The highest BCUT2D eigenvalue weighted by Crippen LogP contribution is 2.15. The monoisotopic (exact) mass is 403 g/mol. The fourth-order valence-corrected chi connectivity index (χ4v) is 2.72. The van der Waals surface area contributed by atoms with Gasteiger partial charge in [-0.05, 0) is 49.4 Å². The molecule has 0 atom stereocenters. The average Bonchev–Trinajstić information content (AvgIpc) is 2.65. The van der Waals surface area contributed by atoms with Gasteiger partial charge in [-0.3, -0.25) is 14.5 Å². The minimum atomic E-state index is -0.210. The highest BCUT2D eigenvalue weighted by molar-refractivity contribution is 6.30. The first-order valence-corrected chi connectivity index (χ1v) is 9.56. The summed E-state index contributed by atoms with van der Waals surface area (Å²) in [6.07, 6.45) is 0.943. The second-order valence-corrected chi connectivity index (χ2v) is 6.94. The summed E-state index contributed by atoms with van der Waals surface area (Å²) in [7, 11) is 1.72. The highest BCUT2D eigenvalue weighted by atomic mass is 35.5. The lowest BCUT2D eigenvalue weighted by Crippen LogP contribution is -2.38. The summed E-state index contributed by atoms with van der Waals surface area (Å²) in [5.41, 5.74) is 1.59. The maximum absolute atomic E-state index is 12.1. The molecule has 2 aromatic carbocycles. The van der Waals surface area contributed by atoms with Crippen molar-refractivity contribution in [1.29, 1.82) is 0 Å². The predicted octanol–water partition coefficient (Wildman–Crippen LogP) is 3.32. The Labute approximate surface area is 170 Å². The van der Waals surface area contributed by atoms with Gasteiger partial charge in [0.2, 0.25) is 11.8 Å². The van der Waals surface area contributed by atoms with Gasteiger partial charge in [0.15, 0.2) is 0 Å². The molecule has 0 fully saturated rings. The number of ether oxygens (including phenoxy) is 1. The zero-order valence-corrected chi connectivity index (χ0v) is 17.0. The number of hydrogen-bond donors (Lipinski definition) is 2. The first-order valence-electron chi connectivity index (χ1n) is 9.18. The molecule has 2 amide bonds. The second kappa shape index (κ2) is 11.3. The van der Waals surface area contributed by atoms with Crippen molar-refractivity contribution in [2.45, 2.75) is 19.9 Å². The maximum atomic E-state index is 12.1. The van der Waals surface area contributed by atoms with Gasteiger partial charge in [0.05, 0.1) is 19.7 Å². The number of anilines is 1. The minimum Gasteiger partial charge on any atom is -0.494 e. The molecule has 6 nitrogen and oxygen atoms in total. The van der Waals surface area contributed by atoms with Gasteiger partial charge in [0.1, 0.15) is 5.75 Å². The second-order valence-electron chi connectivity index (χ2n) is 6.50. The number of carbonyl (C=O) groups excluding carboxylic acids is 2. The van der Waals surface area contributed by atoms with E-state index >= 15 is 0 Å². The third-order valence-electron chi connectivity index (χ3n) is 3.80. The van der Waals surface area contributed by atoms with Crippen molar-refractivity contribution in [3.8, 4) is 5.75 Å². The quantitative estimate of drug-likeness (QED) is 0.638. The largest absolute Gasteiger partial charge is 0.494 e. The Kier molecular flexibility index (Phi) is 8.78. The number of carbonyl (C=O) groups is 2. The summed E-state index contributed by atoms with van der Waals surface area (Å²) >= 11 is 5.90. The number of benzene rings is 2. The summed E-state index contributed by atoms with van der Waals surface area (Å²) in [4.78, 5) is 25.9. The molecule has 0 radical (unpaired) electrons. The van der Waals surface area contributed by atoms with E-state index in [1.807, 2.05) is 24.3 Å². The third-order valence-corrected chi connectivity index (χ3v) is 4.03. The standard InChI is InChI=1S/C21H26ClN3O3/c1-3-10-28-19-9-4-6-16(11-19)13-23-20(26)14-25(2)15-21(27)24-18-8-5-7-17(22)12-18/h4-9,11-12H,3,10,13-15H2,1-2H3,(H,23,26)(H,24,27). The van der Waals surface area contributed by atoms with Gasteiger partial charge in [0, 0.05) is 17.3 Å². The van der Waals surface area contributed by atoms with Gasteiger partial charge in [-0.2, -0.15) is 0 Å². The molecule has 0 saturated heterocycles. The van der Waals surface area contributed by atoms with Crippen molar-refractivity contribution in [2.24, 2.45) is 0 Å². The van der Waals surface area contributed by atoms with Crippen molar-refractivity contribution < 1.29 is 14.3 Å². The number of halogens is 1. The first-order chi connectivity index (χ1) is 13.5. The van der Waals surface area contributed by atoms with E-state index in [2.05, 4.69) is 17.6 Å². The lowest BCUT2D eigenvalue weighted by molar-refractivity contribution is -0.123. The van der Waals surface area contributed by atoms with Crippen LogP contribution in [0.2, 0.25) is 5.02 Å². The van der Waals surface area contributed by atoms with Crippen molar-refractivity contribution in [3.63, 3.8) is 0 Å². The first kappa shape index (κ1) is 21.7. The summed E-state index contributed by atoms with van der Waals surface area (Å²) in [5.74, 6) is 0.430. The molecular weight excluding hydrogens is 378 g/mol. The summed E-state index contributed by atoms with van der Waals surface area (Å²) in [6.45, 7) is 3.34. The topological polar surface area (TPSA) is 70.7 Å². The number of amides is 2. The molecule has 0 bridgehead atoms. The molecule has 0 aliphatic rings. The van der Waals surface area contributed by atoms with Crippen LogP contribution in [0, 0.1) is 0 Å². The SMILES string of the molecule is CCCOc1cccc(CNC(=O)CN(C)CC(=O)Nc2cccc(Cl)c2)c1. The lowest BCUT2D eigenvalue weighted by atomic mass is 10.2. The number of nitrogens with one attached hydrogen (secondary N) is 2. The van der Waals surface area contributed by atoms with Crippen LogP contribution in [0.25, 0.3) is 0 Å². The van der Waals surface area contributed by atoms with Crippen LogP contribution < -0.4 is 15.4 Å². The molecule has 0 aliphatic carbocycles. The maximum Gasteiger partial charge on any atom is 0.238 e. The van der Waals surface area contributed by atoms with Gasteiger partial charge >= 0.3 is 0 Å². The number of hydrogen-bond acceptors (Lipinski definition) is 4. The van der Waals surface area contributed by atoms with E-state index in [1.54, 1.807) is 36.2 Å². The van der Waals surface area contributed by atoms with Crippen LogP contribution in [0.4, 0.5) is 5.69 Å². The number of nitrogens with zero attached hydrogens (tertiary/aromatic N) is 1. The molecule has 2 N–H and O–H groups in total. The predicted molar refractivity (Wildman–Crippen MR) is 112 cm³/mol. The van der Waals surface area contributed by atoms with E-state index in [1.165, 1.54) is 0 Å². The van der Waals surface area contributed by atoms with Crippen LogP contribution in [0.3, 0.4) is 0 Å². The fourth-order valence-electron chi connectivity index (χ4n) is 2.53. The molecule has 0 spiro atoms. The van der Waals surface area contributed by atoms with Crippen LogP contribution in [-0.4, -0.2) is 43.5 Å². The molecule has 2 rings (SSSR count). The Morgan fingerprint density at radius 3 is 2.57 bits per heavy atom. The van der Waals surface area contributed by atoms with E-state index in [0.717, 1.165) is 17.7 Å². The van der Waals surface area contributed by atoms with E-state index in [4.69, 9.17) is 16.3 Å². The number of likely N-dealkylation sites (N-methyl/N-ethyl adjacent to an activating group) is 1. The van der Waals surface area contributed by atoms with Crippen LogP contribution >= 0.6 is 11.6 Å². The van der Waals surface area contributed by atoms with Crippen LogP contribution in [0.15, 0.2) is 48.5 Å². The van der Waals surface area contributed by atoms with Crippen LogP contribution in [0.5, 0.6) is 5.75 Å². The lowest BCUT2D eigenvalue weighted by Gasteiger charge is -2.16. The van der Waals surface area contributed by atoms with Gasteiger partial charge < -0.3 is 15.4 Å². The summed E-state index contributed by atoms with van der Waals surface area (Å²) in [5, 5.41) is 6.17. The van der Waals surface area contributed by atoms with Gasteiger partial charge in [-0.1, -0.05) is 36.7 Å². The molecular formula is C21H26ClN3O3. The van der Waals surface area contributed by atoms with Gasteiger partial charge in [-0.25, -0.2) is 0 Å². The van der Waals surface area contributed by atoms with Gasteiger partial charge in [-0.15, -0.1) is 0 Å². The third kappa shape index (κ3) is 7.98. The molecule has 0 aromatic heterocycles. The number of rotatable bonds is 10. The van der Waals surface area contributed by atoms with Crippen LogP contribution in [0.1, 0.15) is 18.9 Å². The Bertz CT molecular complexity index is 798. The molecule has 0 heterocycles. The molecule has 0 aliphatic heterocycles. The minimum absolute atomic E-state index is 0.0975. The Morgan fingerprint density at radius 2 is 1.82 bits per heavy atom. The summed E-state index contributed by atoms with van der Waals surface area (Å²) < 4.78 is 5.59. The molecule has 7 heteroatoms. The van der Waals surface area contributed by atoms with Crippen molar-refractivity contribution in [2.75, 3.05) is 32.1 Å². The Morgan fingerprint density at radius 1 is 1.07 bits per heavy atom. The van der Waals surface area contributed by atoms with E-state index in [9.17, 15) is 9.59 Å². The summed E-state index contributed by atoms with van der Waals surface area (Å²) in [6, 6.07) is 14.6. The Balaban J connectivity index is 1.74. The van der Waals surface area contributed by atoms with Gasteiger partial charge in [0.25, 0.3) is 0 Å². The van der Waals surface area contributed by atoms with E-state index in [-0.39, 0.29) is 24.9 Å². The zero-order valence-electron chi connectivity index (χ0n) is 16.2. The van der Waals surface area contributed by atoms with Crippen LogP contribution in [-0.2, 0) is 16.1 Å². The molecule has 0 unspecified atom stereocenters. The molecule has 2 aromatic rings. The zero-order chi connectivity index (χ0) is 20.4. The normalized spacial score (nSPS) is 10.6. The fraction of sp³-hybridized carbons (Fsp3) is 0.333. The van der Waals surface area contributed by atoms with Crippen molar-refractivity contribution >= 4 is 29.1 Å². The molecule has 150 valence electrons. The molecule has 28 heavy (non-hydrogen) atoms. The average molecular weight is 404 g/mol. The highest BCUT2D eigenvalue weighted by Gasteiger charge is 2.11. The van der Waals surface area contributed by atoms with Crippen molar-refractivity contribution in [3.05, 3.63) is 59.1 Å². The molecule has 0 saturated carbocycles. The smallest absolute Gasteiger partial charge is 0.238 e.